The molecule has 26 heavy (non-hydrogen) atoms. The molecule has 0 saturated heterocycles. The van der Waals surface area contributed by atoms with Gasteiger partial charge in [-0.25, -0.2) is 4.98 Å². The third-order valence-corrected chi connectivity index (χ3v) is 5.70. The molecule has 2 aliphatic carbocycles. The molecule has 1 spiro atoms. The number of carbonyl (C=O) groups excluding carboxylic acids is 2. The molecule has 2 atom stereocenters. The lowest BCUT2D eigenvalue weighted by atomic mass is 9.95. The molecule has 2 aliphatic rings. The topological polar surface area (TPSA) is 62.3 Å². The van der Waals surface area contributed by atoms with Crippen LogP contribution in [0.3, 0.4) is 0 Å². The number of hydrogen-bond donors (Lipinski definition) is 1. The predicted octanol–water partition coefficient (Wildman–Crippen LogP) is 2.69. The second-order valence-corrected chi connectivity index (χ2v) is 7.53. The van der Waals surface area contributed by atoms with E-state index in [4.69, 9.17) is 0 Å². The zero-order chi connectivity index (χ0) is 18.3. The van der Waals surface area contributed by atoms with E-state index in [1.165, 1.54) is 11.1 Å². The molecule has 1 heterocycles. The molecule has 1 aromatic carbocycles. The number of benzene rings is 1. The maximum atomic E-state index is 12.8. The van der Waals surface area contributed by atoms with Crippen molar-refractivity contribution in [1.82, 2.24) is 9.88 Å². The van der Waals surface area contributed by atoms with Gasteiger partial charge in [0, 0.05) is 24.6 Å². The molecule has 134 valence electrons. The normalized spacial score (nSPS) is 22.8. The summed E-state index contributed by atoms with van der Waals surface area (Å²) in [6.45, 7) is 1.99. The molecule has 0 aliphatic heterocycles. The number of aryl methyl sites for hydroxylation is 2. The van der Waals surface area contributed by atoms with Crippen molar-refractivity contribution in [2.75, 3.05) is 18.9 Å². The van der Waals surface area contributed by atoms with Gasteiger partial charge in [0.25, 0.3) is 0 Å². The number of amides is 2. The number of hydrogen-bond acceptors (Lipinski definition) is 3. The van der Waals surface area contributed by atoms with Gasteiger partial charge in [-0.05, 0) is 48.9 Å². The van der Waals surface area contributed by atoms with Crippen molar-refractivity contribution in [3.05, 3.63) is 59.3 Å². The first-order valence-electron chi connectivity index (χ1n) is 9.05. The highest BCUT2D eigenvalue weighted by molar-refractivity contribution is 5.95. The van der Waals surface area contributed by atoms with Crippen LogP contribution in [0.1, 0.15) is 29.5 Å². The van der Waals surface area contributed by atoms with Crippen molar-refractivity contribution in [3.63, 3.8) is 0 Å². The van der Waals surface area contributed by atoms with Crippen LogP contribution < -0.4 is 5.32 Å². The Labute approximate surface area is 153 Å². The Bertz CT molecular complexity index is 862. The fourth-order valence-corrected chi connectivity index (χ4v) is 4.20. The molecule has 4 rings (SSSR count). The molecule has 0 radical (unpaired) electrons. The van der Waals surface area contributed by atoms with Crippen molar-refractivity contribution >= 4 is 17.6 Å². The monoisotopic (exact) mass is 349 g/mol. The minimum Gasteiger partial charge on any atom is -0.336 e. The average Bonchev–Trinajstić information content (AvgIpc) is 3.25. The summed E-state index contributed by atoms with van der Waals surface area (Å²) < 4.78 is 0. The van der Waals surface area contributed by atoms with Crippen molar-refractivity contribution in [1.29, 1.82) is 0 Å². The molecular formula is C21H23N3O2. The molecule has 1 fully saturated rings. The Morgan fingerprint density at radius 1 is 1.27 bits per heavy atom. The number of pyridine rings is 1. The Morgan fingerprint density at radius 3 is 2.85 bits per heavy atom. The molecule has 1 N–H and O–H groups in total. The molecule has 0 unspecified atom stereocenters. The van der Waals surface area contributed by atoms with Gasteiger partial charge in [0.15, 0.2) is 0 Å². The van der Waals surface area contributed by atoms with E-state index in [0.29, 0.717) is 5.82 Å². The Kier molecular flexibility index (Phi) is 4.02. The summed E-state index contributed by atoms with van der Waals surface area (Å²) in [6.07, 6.45) is 4.68. The summed E-state index contributed by atoms with van der Waals surface area (Å²) in [5.41, 5.74) is 3.75. The zero-order valence-corrected chi connectivity index (χ0v) is 15.2. The van der Waals surface area contributed by atoms with E-state index in [-0.39, 0.29) is 29.7 Å². The summed E-state index contributed by atoms with van der Waals surface area (Å²) >= 11 is 0. The van der Waals surface area contributed by atoms with E-state index in [1.807, 2.05) is 13.0 Å². The number of anilines is 1. The third-order valence-electron chi connectivity index (χ3n) is 5.70. The summed E-state index contributed by atoms with van der Waals surface area (Å²) in [4.78, 5) is 30.8. The van der Waals surface area contributed by atoms with E-state index >= 15 is 0 Å². The van der Waals surface area contributed by atoms with Crippen molar-refractivity contribution < 1.29 is 9.59 Å². The highest BCUT2D eigenvalue weighted by Crippen LogP contribution is 2.61. The number of rotatable bonds is 4. The first kappa shape index (κ1) is 16.8. The molecule has 2 aromatic rings. The van der Waals surface area contributed by atoms with Gasteiger partial charge in [-0.2, -0.15) is 0 Å². The largest absolute Gasteiger partial charge is 0.336 e. The first-order valence-corrected chi connectivity index (χ1v) is 9.05. The lowest BCUT2D eigenvalue weighted by molar-refractivity contribution is -0.134. The molecule has 5 nitrogen and oxygen atoms in total. The quantitative estimate of drug-likeness (QED) is 0.923. The van der Waals surface area contributed by atoms with Gasteiger partial charge in [0.2, 0.25) is 11.8 Å². The van der Waals surface area contributed by atoms with E-state index in [1.54, 1.807) is 24.2 Å². The average molecular weight is 349 g/mol. The van der Waals surface area contributed by atoms with Crippen LogP contribution in [-0.4, -0.2) is 35.3 Å². The van der Waals surface area contributed by atoms with Crippen molar-refractivity contribution in [2.24, 2.45) is 5.92 Å². The van der Waals surface area contributed by atoms with Crippen LogP contribution in [0, 0.1) is 12.8 Å². The van der Waals surface area contributed by atoms with Crippen LogP contribution in [0.15, 0.2) is 42.6 Å². The van der Waals surface area contributed by atoms with Crippen LogP contribution in [0.2, 0.25) is 0 Å². The maximum Gasteiger partial charge on any atom is 0.245 e. The Morgan fingerprint density at radius 2 is 2.08 bits per heavy atom. The van der Waals surface area contributed by atoms with Crippen molar-refractivity contribution in [2.45, 2.75) is 31.6 Å². The summed E-state index contributed by atoms with van der Waals surface area (Å²) in [7, 11) is 1.71. The zero-order valence-electron chi connectivity index (χ0n) is 15.2. The summed E-state index contributed by atoms with van der Waals surface area (Å²) in [5.74, 6) is 0.350. The first-order chi connectivity index (χ1) is 12.5. The van der Waals surface area contributed by atoms with E-state index in [9.17, 15) is 9.59 Å². The Balaban J connectivity index is 1.37. The number of aromatic nitrogens is 1. The lowest BCUT2D eigenvalue weighted by Gasteiger charge is -2.19. The second kappa shape index (κ2) is 6.24. The second-order valence-electron chi connectivity index (χ2n) is 7.53. The van der Waals surface area contributed by atoms with Gasteiger partial charge < -0.3 is 10.2 Å². The number of likely N-dealkylation sites (N-methyl/N-ethyl adjacent to an activating group) is 1. The van der Waals surface area contributed by atoms with Gasteiger partial charge in [0.05, 0.1) is 6.54 Å². The van der Waals surface area contributed by atoms with Gasteiger partial charge in [0.1, 0.15) is 5.82 Å². The predicted molar refractivity (Wildman–Crippen MR) is 99.8 cm³/mol. The minimum absolute atomic E-state index is 0.00134. The summed E-state index contributed by atoms with van der Waals surface area (Å²) in [6, 6.07) is 12.1. The Hall–Kier alpha value is -2.69. The molecule has 1 saturated carbocycles. The van der Waals surface area contributed by atoms with E-state index < -0.39 is 0 Å². The number of carbonyl (C=O) groups is 2. The number of nitrogens with zero attached hydrogens (tertiary/aromatic N) is 2. The SMILES string of the molecule is Cc1ccc(NC(=O)CN(C)C(=O)[C@@H]2C[C@]23CCc2ccccc23)nc1. The minimum atomic E-state index is -0.223. The van der Waals surface area contributed by atoms with E-state index in [2.05, 4.69) is 34.6 Å². The highest BCUT2D eigenvalue weighted by atomic mass is 16.2. The van der Waals surface area contributed by atoms with Crippen LogP contribution in [0.4, 0.5) is 5.82 Å². The smallest absolute Gasteiger partial charge is 0.245 e. The van der Waals surface area contributed by atoms with Gasteiger partial charge in [-0.3, -0.25) is 9.59 Å². The lowest BCUT2D eigenvalue weighted by Crippen LogP contribution is -2.37. The molecule has 0 bridgehead atoms. The van der Waals surface area contributed by atoms with Gasteiger partial charge >= 0.3 is 0 Å². The fourth-order valence-electron chi connectivity index (χ4n) is 4.20. The molecular weight excluding hydrogens is 326 g/mol. The highest BCUT2D eigenvalue weighted by Gasteiger charge is 2.61. The van der Waals surface area contributed by atoms with E-state index in [0.717, 1.165) is 24.8 Å². The fraction of sp³-hybridized carbons (Fsp3) is 0.381. The molecule has 2 amide bonds. The van der Waals surface area contributed by atoms with Crippen LogP contribution in [-0.2, 0) is 21.4 Å². The number of fused-ring (bicyclic) bond motifs is 2. The number of nitrogens with one attached hydrogen (secondary N) is 1. The van der Waals surface area contributed by atoms with Gasteiger partial charge in [-0.1, -0.05) is 30.3 Å². The van der Waals surface area contributed by atoms with Crippen LogP contribution in [0.5, 0.6) is 0 Å². The molecule has 5 heteroatoms. The maximum absolute atomic E-state index is 12.8. The van der Waals surface area contributed by atoms with Crippen molar-refractivity contribution in [3.8, 4) is 0 Å². The molecule has 1 aromatic heterocycles. The summed E-state index contributed by atoms with van der Waals surface area (Å²) in [5, 5.41) is 2.75. The third kappa shape index (κ3) is 2.87. The van der Waals surface area contributed by atoms with Gasteiger partial charge in [-0.15, -0.1) is 0 Å². The van der Waals surface area contributed by atoms with Crippen LogP contribution in [0.25, 0.3) is 0 Å². The standard InChI is InChI=1S/C21H23N3O2/c1-14-7-8-18(22-12-14)23-19(25)13-24(2)20(26)17-11-21(17)10-9-15-5-3-4-6-16(15)21/h3-8,12,17H,9-11,13H2,1-2H3,(H,22,23,25)/t17-,21-/m0/s1. The van der Waals surface area contributed by atoms with Crippen LogP contribution >= 0.6 is 0 Å².